The van der Waals surface area contributed by atoms with Crippen molar-refractivity contribution in [1.29, 1.82) is 0 Å². The molecule has 12 rings (SSSR count). The molecule has 0 fully saturated rings. The van der Waals surface area contributed by atoms with E-state index in [1.807, 2.05) is 36.4 Å². The Labute approximate surface area is 371 Å². The number of benzene rings is 11. The lowest BCUT2D eigenvalue weighted by Gasteiger charge is -2.28. The van der Waals surface area contributed by atoms with Crippen molar-refractivity contribution in [3.05, 3.63) is 243 Å². The molecule has 0 atom stereocenters. The minimum absolute atomic E-state index is 0.635. The number of fused-ring (bicyclic) bond motifs is 6. The molecule has 1 aromatic heterocycles. The van der Waals surface area contributed by atoms with Crippen molar-refractivity contribution < 1.29 is 4.42 Å². The van der Waals surface area contributed by atoms with Gasteiger partial charge in [-0.15, -0.1) is 0 Å². The number of nitrogens with zero attached hydrogens (tertiary/aromatic N) is 2. The van der Waals surface area contributed by atoms with Gasteiger partial charge in [0, 0.05) is 27.9 Å². The van der Waals surface area contributed by atoms with Crippen molar-refractivity contribution in [1.82, 2.24) is 4.98 Å². The van der Waals surface area contributed by atoms with Crippen molar-refractivity contribution in [2.24, 2.45) is 0 Å². The normalized spacial score (nSPS) is 11.4. The molecule has 12 aromatic rings. The zero-order valence-electron chi connectivity index (χ0n) is 34.9. The molecule has 3 nitrogen and oxygen atoms in total. The Hall–Kier alpha value is -8.53. The van der Waals surface area contributed by atoms with Gasteiger partial charge in [-0.3, -0.25) is 0 Å². The van der Waals surface area contributed by atoms with Crippen molar-refractivity contribution in [2.75, 3.05) is 4.90 Å². The van der Waals surface area contributed by atoms with E-state index in [-0.39, 0.29) is 0 Å². The maximum Gasteiger partial charge on any atom is 0.227 e. The first-order valence-corrected chi connectivity index (χ1v) is 21.8. The summed E-state index contributed by atoms with van der Waals surface area (Å²) in [6, 6.07) is 86.8. The van der Waals surface area contributed by atoms with Crippen LogP contribution in [0.25, 0.3) is 99.4 Å². The standard InChI is InChI=1S/C61H40N2O/c1-3-13-44(14-4-1)53-19-11-12-22-58(53)63(51-36-31-45(32-37-51)56-40-49-17-7-8-18-52(49)54-20-9-10-21-55(54)56)50-34-29-42(30-35-50)41-23-25-43(26-24-41)48-28-27-46-33-38-59-60(57(46)39-48)62-61(64-59)47-15-5-2-6-16-47/h1-40H. The van der Waals surface area contributed by atoms with E-state index >= 15 is 0 Å². The maximum absolute atomic E-state index is 6.20. The molecule has 0 saturated heterocycles. The third-order valence-electron chi connectivity index (χ3n) is 12.5. The van der Waals surface area contributed by atoms with E-state index in [1.54, 1.807) is 0 Å². The van der Waals surface area contributed by atoms with Crippen LogP contribution < -0.4 is 4.90 Å². The first kappa shape index (κ1) is 37.2. The fraction of sp³-hybridized carbons (Fsp3) is 0. The highest BCUT2D eigenvalue weighted by atomic mass is 16.3. The van der Waals surface area contributed by atoms with E-state index in [0.29, 0.717) is 5.89 Å². The van der Waals surface area contributed by atoms with Gasteiger partial charge in [-0.25, -0.2) is 4.98 Å². The number of rotatable bonds is 8. The van der Waals surface area contributed by atoms with Crippen LogP contribution in [0.5, 0.6) is 0 Å². The fourth-order valence-electron chi connectivity index (χ4n) is 9.29. The third-order valence-corrected chi connectivity index (χ3v) is 12.5. The summed E-state index contributed by atoms with van der Waals surface area (Å²) in [7, 11) is 0. The SMILES string of the molecule is c1ccc(-c2nc3c(ccc4ccc(-c5ccc(-c6ccc(N(c7ccc(-c8cc9ccccc9c9ccccc89)cc7)c7ccccc7-c7ccccc7)cc6)cc5)cc43)o2)cc1. The summed E-state index contributed by atoms with van der Waals surface area (Å²) in [4.78, 5) is 7.32. The molecular formula is C61H40N2O. The molecule has 0 N–H and O–H groups in total. The number of hydrogen-bond donors (Lipinski definition) is 0. The molecule has 0 unspecified atom stereocenters. The quantitative estimate of drug-likeness (QED) is 0.143. The van der Waals surface area contributed by atoms with Crippen LogP contribution in [-0.2, 0) is 0 Å². The van der Waals surface area contributed by atoms with Gasteiger partial charge in [-0.1, -0.05) is 182 Å². The monoisotopic (exact) mass is 816 g/mol. The molecule has 3 heteroatoms. The van der Waals surface area contributed by atoms with Crippen molar-refractivity contribution in [2.45, 2.75) is 0 Å². The predicted octanol–water partition coefficient (Wildman–Crippen LogP) is 17.1. The van der Waals surface area contributed by atoms with Gasteiger partial charge in [0.2, 0.25) is 5.89 Å². The smallest absolute Gasteiger partial charge is 0.227 e. The molecule has 0 amide bonds. The maximum atomic E-state index is 6.20. The number of hydrogen-bond acceptors (Lipinski definition) is 3. The largest absolute Gasteiger partial charge is 0.436 e. The van der Waals surface area contributed by atoms with Crippen LogP contribution in [0.3, 0.4) is 0 Å². The van der Waals surface area contributed by atoms with Gasteiger partial charge in [-0.05, 0) is 127 Å². The third kappa shape index (κ3) is 6.68. The van der Waals surface area contributed by atoms with Crippen molar-refractivity contribution in [3.8, 4) is 56.0 Å². The predicted molar refractivity (Wildman–Crippen MR) is 268 cm³/mol. The lowest BCUT2D eigenvalue weighted by atomic mass is 9.93. The Morgan fingerprint density at radius 2 is 0.828 bits per heavy atom. The van der Waals surface area contributed by atoms with E-state index in [9.17, 15) is 0 Å². The van der Waals surface area contributed by atoms with Crippen LogP contribution in [0.4, 0.5) is 17.1 Å². The van der Waals surface area contributed by atoms with Crippen LogP contribution in [0.1, 0.15) is 0 Å². The van der Waals surface area contributed by atoms with Gasteiger partial charge in [0.15, 0.2) is 5.58 Å². The number of anilines is 3. The topological polar surface area (TPSA) is 29.3 Å². The van der Waals surface area contributed by atoms with E-state index < -0.39 is 0 Å². The van der Waals surface area contributed by atoms with Crippen molar-refractivity contribution in [3.63, 3.8) is 0 Å². The van der Waals surface area contributed by atoms with Crippen LogP contribution in [0, 0.1) is 0 Å². The molecule has 0 bridgehead atoms. The summed E-state index contributed by atoms with van der Waals surface area (Å²) in [6.07, 6.45) is 0. The molecule has 0 aliphatic carbocycles. The Bertz CT molecular complexity index is 3630. The Morgan fingerprint density at radius 1 is 0.312 bits per heavy atom. The molecule has 0 aliphatic heterocycles. The Morgan fingerprint density at radius 3 is 1.55 bits per heavy atom. The van der Waals surface area contributed by atoms with Gasteiger partial charge < -0.3 is 9.32 Å². The van der Waals surface area contributed by atoms with E-state index in [2.05, 4.69) is 211 Å². The van der Waals surface area contributed by atoms with Gasteiger partial charge >= 0.3 is 0 Å². The summed E-state index contributed by atoms with van der Waals surface area (Å²) in [5, 5.41) is 7.26. The second-order valence-electron chi connectivity index (χ2n) is 16.3. The van der Waals surface area contributed by atoms with Crippen molar-refractivity contribution >= 4 is 60.5 Å². The van der Waals surface area contributed by atoms with E-state index in [4.69, 9.17) is 9.40 Å². The molecule has 1 heterocycles. The highest BCUT2D eigenvalue weighted by Gasteiger charge is 2.19. The summed E-state index contributed by atoms with van der Waals surface area (Å²) >= 11 is 0. The molecule has 0 aliphatic rings. The molecule has 0 spiro atoms. The highest BCUT2D eigenvalue weighted by molar-refractivity contribution is 6.14. The molecule has 0 saturated carbocycles. The highest BCUT2D eigenvalue weighted by Crippen LogP contribution is 2.43. The van der Waals surface area contributed by atoms with Crippen LogP contribution in [0.2, 0.25) is 0 Å². The van der Waals surface area contributed by atoms with E-state index in [1.165, 1.54) is 43.8 Å². The molecule has 0 radical (unpaired) electrons. The van der Waals surface area contributed by atoms with Gasteiger partial charge in [0.05, 0.1) is 5.69 Å². The second kappa shape index (κ2) is 15.7. The Balaban J connectivity index is 0.888. The molecule has 300 valence electrons. The molecule has 11 aromatic carbocycles. The second-order valence-corrected chi connectivity index (χ2v) is 16.3. The van der Waals surface area contributed by atoms with Gasteiger partial charge in [0.25, 0.3) is 0 Å². The Kier molecular flexibility index (Phi) is 9.16. The van der Waals surface area contributed by atoms with Gasteiger partial charge in [0.1, 0.15) is 5.52 Å². The summed E-state index contributed by atoms with van der Waals surface area (Å²) in [5.41, 5.74) is 15.3. The average molecular weight is 817 g/mol. The summed E-state index contributed by atoms with van der Waals surface area (Å²) < 4.78 is 6.20. The van der Waals surface area contributed by atoms with E-state index in [0.717, 1.165) is 66.8 Å². The summed E-state index contributed by atoms with van der Waals surface area (Å²) in [6.45, 7) is 0. The lowest BCUT2D eigenvalue weighted by Crippen LogP contribution is -2.11. The van der Waals surface area contributed by atoms with Crippen LogP contribution in [-0.4, -0.2) is 4.98 Å². The summed E-state index contributed by atoms with van der Waals surface area (Å²) in [5.74, 6) is 0.635. The zero-order valence-corrected chi connectivity index (χ0v) is 34.9. The minimum Gasteiger partial charge on any atom is -0.436 e. The zero-order chi connectivity index (χ0) is 42.4. The first-order chi connectivity index (χ1) is 31.7. The molecule has 64 heavy (non-hydrogen) atoms. The average Bonchev–Trinajstić information content (AvgIpc) is 3.83. The number of aromatic nitrogens is 1. The lowest BCUT2D eigenvalue weighted by molar-refractivity contribution is 0.620. The van der Waals surface area contributed by atoms with Gasteiger partial charge in [-0.2, -0.15) is 0 Å². The fourth-order valence-corrected chi connectivity index (χ4v) is 9.29. The van der Waals surface area contributed by atoms with Crippen LogP contribution >= 0.6 is 0 Å². The molecular weight excluding hydrogens is 777 g/mol. The number of para-hydroxylation sites is 1. The number of oxazole rings is 1. The van der Waals surface area contributed by atoms with Crippen LogP contribution in [0.15, 0.2) is 247 Å². The first-order valence-electron chi connectivity index (χ1n) is 21.8. The minimum atomic E-state index is 0.635.